The Labute approximate surface area is 450 Å². The Bertz CT molecular complexity index is 1490. The molecular formula is C67H112O6. The first-order valence-electron chi connectivity index (χ1n) is 30.4. The average Bonchev–Trinajstić information content (AvgIpc) is 3.39. The lowest BCUT2D eigenvalue weighted by atomic mass is 10.1. The van der Waals surface area contributed by atoms with Crippen molar-refractivity contribution in [2.75, 3.05) is 13.2 Å². The van der Waals surface area contributed by atoms with Crippen molar-refractivity contribution in [2.24, 2.45) is 0 Å². The summed E-state index contributed by atoms with van der Waals surface area (Å²) in [6, 6.07) is 0. The molecule has 1 unspecified atom stereocenters. The maximum Gasteiger partial charge on any atom is 0.306 e. The molecule has 0 aromatic rings. The van der Waals surface area contributed by atoms with Gasteiger partial charge in [-0.2, -0.15) is 0 Å². The van der Waals surface area contributed by atoms with Gasteiger partial charge in [-0.25, -0.2) is 0 Å². The minimum absolute atomic E-state index is 0.0992. The topological polar surface area (TPSA) is 78.9 Å². The standard InChI is InChI=1S/C67H112O6/c1-4-7-10-13-16-19-22-25-28-30-32-33-35-36-39-42-45-48-51-54-57-60-66(69)72-63-64(62-71-65(68)59-56-53-50-47-44-41-38-27-24-21-18-15-12-9-6-3)73-67(70)61-58-55-52-49-46-43-40-37-34-31-29-26-23-20-17-14-11-8-5-2/h8-9,11-12,17-18,20-21,26-27,29-30,32,34,37-38,43,46,64H,4-7,10,13-16,19,22-25,28,31,33,35-36,39-42,44-45,47-63H2,1-3H3/b11-8-,12-9-,20-17-,21-18-,29-26-,32-30-,37-34-,38-27-,46-43-. The average molecular weight is 1010 g/mol. The van der Waals surface area contributed by atoms with E-state index in [0.29, 0.717) is 12.8 Å². The van der Waals surface area contributed by atoms with Gasteiger partial charge in [-0.3, -0.25) is 14.4 Å². The number of esters is 3. The molecule has 0 heterocycles. The Balaban J connectivity index is 4.45. The molecule has 0 N–H and O–H groups in total. The van der Waals surface area contributed by atoms with Crippen LogP contribution in [0, 0.1) is 0 Å². The minimum atomic E-state index is -0.807. The van der Waals surface area contributed by atoms with Crippen molar-refractivity contribution in [3.8, 4) is 0 Å². The Kier molecular flexibility index (Phi) is 57.4. The van der Waals surface area contributed by atoms with Gasteiger partial charge in [-0.15, -0.1) is 0 Å². The highest BCUT2D eigenvalue weighted by Gasteiger charge is 2.19. The molecule has 0 aliphatic rings. The summed E-state index contributed by atoms with van der Waals surface area (Å²) in [5, 5.41) is 0. The van der Waals surface area contributed by atoms with Crippen LogP contribution in [0.5, 0.6) is 0 Å². The third-order valence-electron chi connectivity index (χ3n) is 12.7. The highest BCUT2D eigenvalue weighted by Crippen LogP contribution is 2.15. The SMILES string of the molecule is CC/C=C\C/C=C\C/C=C\C/C=C\C/C=C\CCCCCC(=O)OC(COC(=O)CCCCCCC/C=C\C/C=C\C/C=C\CC)COC(=O)CCCCCCCCCCC/C=C\CCCCCCCCCC. The van der Waals surface area contributed by atoms with Crippen molar-refractivity contribution in [3.05, 3.63) is 109 Å². The molecule has 0 aromatic carbocycles. The van der Waals surface area contributed by atoms with Gasteiger partial charge in [0.1, 0.15) is 13.2 Å². The number of hydrogen-bond donors (Lipinski definition) is 0. The van der Waals surface area contributed by atoms with E-state index < -0.39 is 6.10 Å². The van der Waals surface area contributed by atoms with Crippen molar-refractivity contribution in [1.29, 1.82) is 0 Å². The third kappa shape index (κ3) is 58.8. The summed E-state index contributed by atoms with van der Waals surface area (Å²) < 4.78 is 16.9. The fourth-order valence-electron chi connectivity index (χ4n) is 8.24. The molecule has 0 fully saturated rings. The molecule has 0 saturated carbocycles. The van der Waals surface area contributed by atoms with Gasteiger partial charge in [0.2, 0.25) is 0 Å². The van der Waals surface area contributed by atoms with Gasteiger partial charge in [0.05, 0.1) is 0 Å². The largest absolute Gasteiger partial charge is 0.462 e. The maximum absolute atomic E-state index is 12.9. The van der Waals surface area contributed by atoms with Crippen LogP contribution >= 0.6 is 0 Å². The molecule has 416 valence electrons. The second-order valence-corrected chi connectivity index (χ2v) is 19.8. The van der Waals surface area contributed by atoms with E-state index >= 15 is 0 Å². The van der Waals surface area contributed by atoms with Crippen LogP contribution in [0.25, 0.3) is 0 Å². The van der Waals surface area contributed by atoms with Crippen molar-refractivity contribution >= 4 is 17.9 Å². The minimum Gasteiger partial charge on any atom is -0.462 e. The van der Waals surface area contributed by atoms with Crippen LogP contribution in [0.2, 0.25) is 0 Å². The molecule has 0 saturated heterocycles. The molecule has 0 spiro atoms. The van der Waals surface area contributed by atoms with Crippen LogP contribution in [0.4, 0.5) is 0 Å². The molecule has 0 bridgehead atoms. The fraction of sp³-hybridized carbons (Fsp3) is 0.687. The number of carbonyl (C=O) groups excluding carboxylic acids is 3. The Morgan fingerprint density at radius 2 is 0.534 bits per heavy atom. The number of unbranched alkanes of at least 4 members (excludes halogenated alkanes) is 25. The first-order chi connectivity index (χ1) is 36.0. The van der Waals surface area contributed by atoms with E-state index in [0.717, 1.165) is 135 Å². The zero-order chi connectivity index (χ0) is 52.9. The van der Waals surface area contributed by atoms with E-state index in [1.54, 1.807) is 0 Å². The second kappa shape index (κ2) is 60.6. The molecular weight excluding hydrogens is 901 g/mol. The van der Waals surface area contributed by atoms with Crippen LogP contribution in [-0.4, -0.2) is 37.2 Å². The van der Waals surface area contributed by atoms with Gasteiger partial charge in [0.25, 0.3) is 0 Å². The number of hydrogen-bond acceptors (Lipinski definition) is 6. The number of carbonyl (C=O) groups is 3. The van der Waals surface area contributed by atoms with E-state index in [4.69, 9.17) is 14.2 Å². The van der Waals surface area contributed by atoms with E-state index in [-0.39, 0.29) is 37.5 Å². The van der Waals surface area contributed by atoms with Gasteiger partial charge in [0, 0.05) is 19.3 Å². The quantitative estimate of drug-likeness (QED) is 0.0261. The highest BCUT2D eigenvalue weighted by atomic mass is 16.6. The summed E-state index contributed by atoms with van der Waals surface area (Å²) in [4.78, 5) is 38.3. The predicted octanol–water partition coefficient (Wildman–Crippen LogP) is 20.7. The molecule has 6 heteroatoms. The summed E-state index contributed by atoms with van der Waals surface area (Å²) in [5.74, 6) is -0.947. The summed E-state index contributed by atoms with van der Waals surface area (Å²) in [6.07, 6.45) is 82.3. The van der Waals surface area contributed by atoms with Crippen molar-refractivity contribution in [3.63, 3.8) is 0 Å². The number of allylic oxidation sites excluding steroid dienone is 18. The zero-order valence-electron chi connectivity index (χ0n) is 47.6. The van der Waals surface area contributed by atoms with E-state index in [1.807, 2.05) is 0 Å². The molecule has 1 atom stereocenters. The zero-order valence-corrected chi connectivity index (χ0v) is 47.6. The monoisotopic (exact) mass is 1010 g/mol. The Morgan fingerprint density at radius 1 is 0.288 bits per heavy atom. The fourth-order valence-corrected chi connectivity index (χ4v) is 8.24. The van der Waals surface area contributed by atoms with Gasteiger partial charge < -0.3 is 14.2 Å². The van der Waals surface area contributed by atoms with Gasteiger partial charge in [-0.1, -0.05) is 246 Å². The van der Waals surface area contributed by atoms with Crippen molar-refractivity contribution in [2.45, 2.75) is 284 Å². The normalized spacial score (nSPS) is 12.9. The lowest BCUT2D eigenvalue weighted by Gasteiger charge is -2.18. The molecule has 0 radical (unpaired) electrons. The Morgan fingerprint density at radius 3 is 0.863 bits per heavy atom. The summed E-state index contributed by atoms with van der Waals surface area (Å²) in [5.41, 5.74) is 0. The van der Waals surface area contributed by atoms with Gasteiger partial charge in [0.15, 0.2) is 6.10 Å². The van der Waals surface area contributed by atoms with Crippen molar-refractivity contribution in [1.82, 2.24) is 0 Å². The van der Waals surface area contributed by atoms with Crippen LogP contribution < -0.4 is 0 Å². The first-order valence-corrected chi connectivity index (χ1v) is 30.4. The van der Waals surface area contributed by atoms with E-state index in [9.17, 15) is 14.4 Å². The van der Waals surface area contributed by atoms with Crippen LogP contribution in [0.15, 0.2) is 109 Å². The van der Waals surface area contributed by atoms with Crippen LogP contribution in [-0.2, 0) is 28.6 Å². The molecule has 0 aliphatic heterocycles. The molecule has 6 nitrogen and oxygen atoms in total. The summed E-state index contributed by atoms with van der Waals surface area (Å²) in [6.45, 7) is 6.38. The molecule has 0 aromatic heterocycles. The highest BCUT2D eigenvalue weighted by molar-refractivity contribution is 5.71. The van der Waals surface area contributed by atoms with Gasteiger partial charge in [-0.05, 0) is 122 Å². The molecule has 0 amide bonds. The molecule has 0 aliphatic carbocycles. The summed E-state index contributed by atoms with van der Waals surface area (Å²) in [7, 11) is 0. The van der Waals surface area contributed by atoms with E-state index in [1.165, 1.54) is 103 Å². The molecule has 0 rings (SSSR count). The number of ether oxygens (including phenoxy) is 3. The predicted molar refractivity (Wildman–Crippen MR) is 316 cm³/mol. The first kappa shape index (κ1) is 69.1. The maximum atomic E-state index is 12.9. The lowest BCUT2D eigenvalue weighted by Crippen LogP contribution is -2.30. The molecule has 73 heavy (non-hydrogen) atoms. The van der Waals surface area contributed by atoms with Crippen LogP contribution in [0.3, 0.4) is 0 Å². The van der Waals surface area contributed by atoms with E-state index in [2.05, 4.69) is 130 Å². The van der Waals surface area contributed by atoms with Crippen LogP contribution in [0.1, 0.15) is 278 Å². The van der Waals surface area contributed by atoms with Crippen molar-refractivity contribution < 1.29 is 28.6 Å². The summed E-state index contributed by atoms with van der Waals surface area (Å²) >= 11 is 0. The smallest absolute Gasteiger partial charge is 0.306 e. The second-order valence-electron chi connectivity index (χ2n) is 19.8. The lowest BCUT2D eigenvalue weighted by molar-refractivity contribution is -0.167. The number of rotatable bonds is 54. The third-order valence-corrected chi connectivity index (χ3v) is 12.7. The Hall–Kier alpha value is -3.93. The van der Waals surface area contributed by atoms with Gasteiger partial charge >= 0.3 is 17.9 Å².